The molecule has 1 aromatic carbocycles. The maximum Gasteiger partial charge on any atom is 0.230 e. The van der Waals surface area contributed by atoms with Crippen LogP contribution in [0.1, 0.15) is 5.69 Å². The average Bonchev–Trinajstić information content (AvgIpc) is 2.93. The van der Waals surface area contributed by atoms with Gasteiger partial charge in [0.05, 0.1) is 12.1 Å². The van der Waals surface area contributed by atoms with Gasteiger partial charge in [-0.25, -0.2) is 13.8 Å². The summed E-state index contributed by atoms with van der Waals surface area (Å²) in [5.41, 5.74) is 0.943. The Kier molecular flexibility index (Phi) is 5.11. The van der Waals surface area contributed by atoms with E-state index < -0.39 is 11.6 Å². The first kappa shape index (κ1) is 14.5. The number of thioether (sulfide) groups is 1. The summed E-state index contributed by atoms with van der Waals surface area (Å²) < 4.78 is 25.7. The van der Waals surface area contributed by atoms with E-state index >= 15 is 0 Å². The van der Waals surface area contributed by atoms with Crippen molar-refractivity contribution in [1.29, 1.82) is 0 Å². The molecule has 0 aliphatic heterocycles. The maximum atomic E-state index is 13.0. The van der Waals surface area contributed by atoms with Gasteiger partial charge in [-0.2, -0.15) is 0 Å². The van der Waals surface area contributed by atoms with Crippen molar-refractivity contribution in [2.75, 3.05) is 12.3 Å². The molecule has 0 fully saturated rings. The van der Waals surface area contributed by atoms with E-state index in [0.717, 1.165) is 29.6 Å². The Morgan fingerprint density at radius 3 is 2.90 bits per heavy atom. The lowest BCUT2D eigenvalue weighted by atomic mass is 10.3. The highest BCUT2D eigenvalue weighted by Crippen LogP contribution is 2.19. The van der Waals surface area contributed by atoms with Gasteiger partial charge in [0.25, 0.3) is 0 Å². The number of aromatic nitrogens is 2. The Hall–Kier alpha value is -1.89. The Bertz CT molecular complexity index is 575. The summed E-state index contributed by atoms with van der Waals surface area (Å²) in [7, 11) is 0. The Morgan fingerprint density at radius 2 is 2.20 bits per heavy atom. The van der Waals surface area contributed by atoms with E-state index in [-0.39, 0.29) is 11.7 Å². The molecule has 1 aromatic heterocycles. The third-order valence-corrected chi connectivity index (χ3v) is 3.53. The molecule has 2 rings (SSSR count). The van der Waals surface area contributed by atoms with Gasteiger partial charge in [0.2, 0.25) is 5.91 Å². The number of aromatic amines is 1. The fraction of sp³-hybridized carbons (Fsp3) is 0.231. The summed E-state index contributed by atoms with van der Waals surface area (Å²) in [6, 6.07) is 3.58. The molecule has 0 aliphatic rings. The lowest BCUT2D eigenvalue weighted by molar-refractivity contribution is -0.118. The number of hydrogen-bond donors (Lipinski definition) is 2. The van der Waals surface area contributed by atoms with Crippen molar-refractivity contribution in [3.8, 4) is 0 Å². The van der Waals surface area contributed by atoms with Crippen LogP contribution in [0.3, 0.4) is 0 Å². The molecular weight excluding hydrogens is 284 g/mol. The van der Waals surface area contributed by atoms with E-state index in [1.807, 2.05) is 0 Å². The highest BCUT2D eigenvalue weighted by atomic mass is 32.2. The molecule has 1 amide bonds. The topological polar surface area (TPSA) is 57.8 Å². The van der Waals surface area contributed by atoms with Crippen LogP contribution in [-0.2, 0) is 11.2 Å². The second-order valence-electron chi connectivity index (χ2n) is 4.04. The van der Waals surface area contributed by atoms with E-state index in [9.17, 15) is 13.6 Å². The quantitative estimate of drug-likeness (QED) is 0.803. The van der Waals surface area contributed by atoms with Gasteiger partial charge in [0.15, 0.2) is 11.6 Å². The van der Waals surface area contributed by atoms with Crippen LogP contribution in [0.15, 0.2) is 35.6 Å². The highest BCUT2D eigenvalue weighted by molar-refractivity contribution is 8.00. The lowest BCUT2D eigenvalue weighted by Gasteiger charge is -2.04. The van der Waals surface area contributed by atoms with Gasteiger partial charge in [0, 0.05) is 29.8 Å². The van der Waals surface area contributed by atoms with Crippen LogP contribution < -0.4 is 5.32 Å². The molecule has 7 heteroatoms. The maximum absolute atomic E-state index is 13.0. The summed E-state index contributed by atoms with van der Waals surface area (Å²) >= 11 is 1.16. The molecule has 0 spiro atoms. The second kappa shape index (κ2) is 7.04. The number of hydrogen-bond acceptors (Lipinski definition) is 3. The standard InChI is InChI=1S/C13H13F2N3OS/c14-11-2-1-10(5-12(11)15)20-7-13(19)17-4-3-9-6-16-8-18-9/h1-2,5-6,8H,3-4,7H2,(H,16,18)(H,17,19). The summed E-state index contributed by atoms with van der Waals surface area (Å²) in [5, 5.41) is 2.74. The fourth-order valence-corrected chi connectivity index (χ4v) is 2.28. The normalized spacial score (nSPS) is 10.5. The molecule has 0 bridgehead atoms. The van der Waals surface area contributed by atoms with E-state index in [1.165, 1.54) is 6.07 Å². The molecule has 0 saturated carbocycles. The van der Waals surface area contributed by atoms with Gasteiger partial charge in [-0.3, -0.25) is 4.79 Å². The third kappa shape index (κ3) is 4.34. The van der Waals surface area contributed by atoms with Crippen molar-refractivity contribution < 1.29 is 13.6 Å². The number of rotatable bonds is 6. The lowest BCUT2D eigenvalue weighted by Crippen LogP contribution is -2.27. The van der Waals surface area contributed by atoms with Gasteiger partial charge in [-0.05, 0) is 18.2 Å². The van der Waals surface area contributed by atoms with Crippen LogP contribution in [-0.4, -0.2) is 28.2 Å². The number of carbonyl (C=O) groups is 1. The first-order valence-corrected chi connectivity index (χ1v) is 6.95. The fourth-order valence-electron chi connectivity index (χ4n) is 1.52. The van der Waals surface area contributed by atoms with E-state index in [0.29, 0.717) is 17.9 Å². The predicted molar refractivity (Wildman–Crippen MR) is 72.4 cm³/mol. The van der Waals surface area contributed by atoms with Gasteiger partial charge in [0.1, 0.15) is 0 Å². The van der Waals surface area contributed by atoms with Crippen LogP contribution >= 0.6 is 11.8 Å². The zero-order valence-corrected chi connectivity index (χ0v) is 11.3. The van der Waals surface area contributed by atoms with Gasteiger partial charge < -0.3 is 10.3 Å². The number of H-pyrrole nitrogens is 1. The Morgan fingerprint density at radius 1 is 1.35 bits per heavy atom. The minimum Gasteiger partial charge on any atom is -0.355 e. The monoisotopic (exact) mass is 297 g/mol. The number of imidazole rings is 1. The molecule has 2 N–H and O–H groups in total. The Balaban J connectivity index is 1.70. The van der Waals surface area contributed by atoms with Gasteiger partial charge in [-0.1, -0.05) is 0 Å². The second-order valence-corrected chi connectivity index (χ2v) is 5.09. The van der Waals surface area contributed by atoms with Crippen LogP contribution in [0, 0.1) is 11.6 Å². The number of carbonyl (C=O) groups excluding carboxylic acids is 1. The summed E-state index contributed by atoms with van der Waals surface area (Å²) in [5.74, 6) is -1.79. The van der Waals surface area contributed by atoms with Gasteiger partial charge in [-0.15, -0.1) is 11.8 Å². The molecule has 2 aromatic rings. The van der Waals surface area contributed by atoms with Crippen molar-refractivity contribution in [3.05, 3.63) is 48.1 Å². The smallest absolute Gasteiger partial charge is 0.230 e. The van der Waals surface area contributed by atoms with Gasteiger partial charge >= 0.3 is 0 Å². The van der Waals surface area contributed by atoms with E-state index in [4.69, 9.17) is 0 Å². The van der Waals surface area contributed by atoms with Crippen LogP contribution in [0.5, 0.6) is 0 Å². The molecule has 4 nitrogen and oxygen atoms in total. The van der Waals surface area contributed by atoms with Crippen molar-refractivity contribution in [2.24, 2.45) is 0 Å². The van der Waals surface area contributed by atoms with Crippen LogP contribution in [0.25, 0.3) is 0 Å². The molecule has 106 valence electrons. The first-order valence-electron chi connectivity index (χ1n) is 5.97. The largest absolute Gasteiger partial charge is 0.355 e. The highest BCUT2D eigenvalue weighted by Gasteiger charge is 2.06. The molecule has 0 atom stereocenters. The number of nitrogens with one attached hydrogen (secondary N) is 2. The number of benzene rings is 1. The van der Waals surface area contributed by atoms with Crippen molar-refractivity contribution in [2.45, 2.75) is 11.3 Å². The molecule has 0 saturated heterocycles. The van der Waals surface area contributed by atoms with Crippen LogP contribution in [0.2, 0.25) is 0 Å². The summed E-state index contributed by atoms with van der Waals surface area (Å²) in [4.78, 5) is 18.9. The number of halogens is 2. The molecule has 0 radical (unpaired) electrons. The van der Waals surface area contributed by atoms with Crippen LogP contribution in [0.4, 0.5) is 8.78 Å². The molecule has 0 unspecified atom stereocenters. The minimum atomic E-state index is -0.908. The number of amides is 1. The minimum absolute atomic E-state index is 0.153. The average molecular weight is 297 g/mol. The van der Waals surface area contributed by atoms with Crippen molar-refractivity contribution in [3.63, 3.8) is 0 Å². The summed E-state index contributed by atoms with van der Waals surface area (Å²) in [6.45, 7) is 0.499. The SMILES string of the molecule is O=C(CSc1ccc(F)c(F)c1)NCCc1cnc[nH]1. The Labute approximate surface area is 119 Å². The van der Waals surface area contributed by atoms with Crippen molar-refractivity contribution >= 4 is 17.7 Å². The molecule has 1 heterocycles. The first-order chi connectivity index (χ1) is 9.65. The zero-order chi connectivity index (χ0) is 14.4. The summed E-state index contributed by atoms with van der Waals surface area (Å²) in [6.07, 6.45) is 3.94. The number of nitrogens with zero attached hydrogens (tertiary/aromatic N) is 1. The predicted octanol–water partition coefficient (Wildman–Crippen LogP) is 2.14. The molecule has 20 heavy (non-hydrogen) atoms. The molecular formula is C13H13F2N3OS. The zero-order valence-electron chi connectivity index (χ0n) is 10.5. The molecule has 0 aliphatic carbocycles. The third-order valence-electron chi connectivity index (χ3n) is 2.53. The van der Waals surface area contributed by atoms with E-state index in [2.05, 4.69) is 15.3 Å². The van der Waals surface area contributed by atoms with Crippen molar-refractivity contribution in [1.82, 2.24) is 15.3 Å². The van der Waals surface area contributed by atoms with E-state index in [1.54, 1.807) is 12.5 Å².